The molecule has 0 aliphatic carbocycles. The zero-order valence-corrected chi connectivity index (χ0v) is 12.2. The summed E-state index contributed by atoms with van der Waals surface area (Å²) in [4.78, 5) is 24.8. The van der Waals surface area contributed by atoms with E-state index in [0.717, 1.165) is 5.75 Å². The van der Waals surface area contributed by atoms with Crippen LogP contribution in [0.3, 0.4) is 0 Å². The van der Waals surface area contributed by atoms with Crippen LogP contribution in [0.15, 0.2) is 24.3 Å². The molecule has 2 aliphatic rings. The molecule has 0 radical (unpaired) electrons. The highest BCUT2D eigenvalue weighted by atomic mass is 32.2. The monoisotopic (exact) mass is 308 g/mol. The number of hydrogen-bond donors (Lipinski definition) is 1. The molecule has 1 fully saturated rings. The first-order valence-corrected chi connectivity index (χ1v) is 7.88. The van der Waals surface area contributed by atoms with Crippen molar-refractivity contribution in [2.24, 2.45) is 0 Å². The number of benzene rings is 1. The number of amides is 2. The first-order chi connectivity index (χ1) is 10.2. The summed E-state index contributed by atoms with van der Waals surface area (Å²) in [5, 5.41) is 2.78. The molecule has 3 rings (SSSR count). The number of thioether (sulfide) groups is 1. The molecule has 112 valence electrons. The Balaban J connectivity index is 1.45. The lowest BCUT2D eigenvalue weighted by Crippen LogP contribution is -2.44. The van der Waals surface area contributed by atoms with Gasteiger partial charge in [0.05, 0.1) is 18.2 Å². The van der Waals surface area contributed by atoms with Crippen molar-refractivity contribution >= 4 is 23.6 Å². The molecular formula is C14H16N2O4S. The average Bonchev–Trinajstić information content (AvgIpc) is 2.90. The van der Waals surface area contributed by atoms with Gasteiger partial charge in [-0.25, -0.2) is 0 Å². The summed E-state index contributed by atoms with van der Waals surface area (Å²) in [5.74, 6) is 2.30. The summed E-state index contributed by atoms with van der Waals surface area (Å²) >= 11 is 1.52. The maximum absolute atomic E-state index is 11.8. The summed E-state index contributed by atoms with van der Waals surface area (Å²) in [5.41, 5.74) is 0. The average molecular weight is 308 g/mol. The van der Waals surface area contributed by atoms with Crippen molar-refractivity contribution in [3.63, 3.8) is 0 Å². The molecule has 2 amide bonds. The van der Waals surface area contributed by atoms with E-state index in [2.05, 4.69) is 5.32 Å². The van der Waals surface area contributed by atoms with E-state index in [-0.39, 0.29) is 24.5 Å². The van der Waals surface area contributed by atoms with Crippen LogP contribution in [0.5, 0.6) is 11.5 Å². The van der Waals surface area contributed by atoms with Gasteiger partial charge < -0.3 is 19.7 Å². The fourth-order valence-corrected chi connectivity index (χ4v) is 3.06. The molecule has 0 bridgehead atoms. The molecule has 1 aromatic rings. The van der Waals surface area contributed by atoms with Gasteiger partial charge in [-0.05, 0) is 12.1 Å². The Morgan fingerprint density at radius 2 is 2.19 bits per heavy atom. The van der Waals surface area contributed by atoms with Crippen molar-refractivity contribution in [3.8, 4) is 11.5 Å². The van der Waals surface area contributed by atoms with Crippen LogP contribution in [0, 0.1) is 0 Å². The van der Waals surface area contributed by atoms with Gasteiger partial charge in [-0.15, -0.1) is 11.8 Å². The number of hydrogen-bond acceptors (Lipinski definition) is 5. The van der Waals surface area contributed by atoms with E-state index in [0.29, 0.717) is 30.5 Å². The number of nitrogens with zero attached hydrogens (tertiary/aromatic N) is 1. The minimum Gasteiger partial charge on any atom is -0.486 e. The van der Waals surface area contributed by atoms with Gasteiger partial charge in [0.2, 0.25) is 11.8 Å². The second kappa shape index (κ2) is 6.26. The van der Waals surface area contributed by atoms with Crippen LogP contribution in [0.25, 0.3) is 0 Å². The fourth-order valence-electron chi connectivity index (χ4n) is 2.16. The third-order valence-electron chi connectivity index (χ3n) is 3.25. The van der Waals surface area contributed by atoms with Gasteiger partial charge in [-0.1, -0.05) is 12.1 Å². The summed E-state index contributed by atoms with van der Waals surface area (Å²) in [6, 6.07) is 7.44. The van der Waals surface area contributed by atoms with Crippen LogP contribution < -0.4 is 14.8 Å². The normalized spacial score (nSPS) is 20.5. The predicted octanol–water partition coefficient (Wildman–Crippen LogP) is 0.476. The largest absolute Gasteiger partial charge is 0.486 e. The minimum absolute atomic E-state index is 0.0151. The number of rotatable bonds is 4. The smallest absolute Gasteiger partial charge is 0.239 e. The second-order valence-electron chi connectivity index (χ2n) is 4.87. The fraction of sp³-hybridized carbons (Fsp3) is 0.429. The third kappa shape index (κ3) is 3.41. The van der Waals surface area contributed by atoms with Crippen LogP contribution in [-0.4, -0.2) is 54.1 Å². The summed E-state index contributed by atoms with van der Waals surface area (Å²) in [6.45, 7) is 0.869. The Kier molecular flexibility index (Phi) is 4.19. The van der Waals surface area contributed by atoms with Gasteiger partial charge in [-0.2, -0.15) is 0 Å². The van der Waals surface area contributed by atoms with Crippen molar-refractivity contribution in [3.05, 3.63) is 24.3 Å². The van der Waals surface area contributed by atoms with Crippen molar-refractivity contribution in [2.45, 2.75) is 6.10 Å². The maximum Gasteiger partial charge on any atom is 0.239 e. The quantitative estimate of drug-likeness (QED) is 0.876. The molecule has 2 heterocycles. The Labute approximate surface area is 126 Å². The van der Waals surface area contributed by atoms with Crippen molar-refractivity contribution < 1.29 is 19.1 Å². The number of fused-ring (bicyclic) bond motifs is 1. The van der Waals surface area contributed by atoms with E-state index in [9.17, 15) is 9.59 Å². The van der Waals surface area contributed by atoms with E-state index in [4.69, 9.17) is 9.47 Å². The number of nitrogens with one attached hydrogen (secondary N) is 1. The number of ether oxygens (including phenoxy) is 2. The molecule has 0 unspecified atom stereocenters. The zero-order chi connectivity index (χ0) is 14.7. The van der Waals surface area contributed by atoms with Crippen LogP contribution in [0.2, 0.25) is 0 Å². The Bertz CT molecular complexity index is 552. The van der Waals surface area contributed by atoms with E-state index < -0.39 is 0 Å². The second-order valence-corrected chi connectivity index (χ2v) is 5.83. The molecule has 7 heteroatoms. The lowest BCUT2D eigenvalue weighted by Gasteiger charge is -2.26. The predicted molar refractivity (Wildman–Crippen MR) is 78.4 cm³/mol. The molecule has 21 heavy (non-hydrogen) atoms. The van der Waals surface area contributed by atoms with Gasteiger partial charge in [0.1, 0.15) is 19.3 Å². The molecule has 6 nitrogen and oxygen atoms in total. The Hall–Kier alpha value is -1.89. The van der Waals surface area contributed by atoms with Gasteiger partial charge in [0.25, 0.3) is 0 Å². The van der Waals surface area contributed by atoms with Crippen LogP contribution >= 0.6 is 11.8 Å². The molecule has 2 aliphatic heterocycles. The van der Waals surface area contributed by atoms with Gasteiger partial charge in [0.15, 0.2) is 11.5 Å². The Morgan fingerprint density at radius 1 is 1.38 bits per heavy atom. The lowest BCUT2D eigenvalue weighted by molar-refractivity contribution is -0.132. The summed E-state index contributed by atoms with van der Waals surface area (Å²) in [7, 11) is 0. The number of carbonyl (C=O) groups is 2. The highest BCUT2D eigenvalue weighted by Gasteiger charge is 2.24. The zero-order valence-electron chi connectivity index (χ0n) is 11.4. The van der Waals surface area contributed by atoms with E-state index >= 15 is 0 Å². The molecule has 0 saturated carbocycles. The molecule has 0 spiro atoms. The van der Waals surface area contributed by atoms with E-state index in [1.54, 1.807) is 4.90 Å². The SMILES string of the molecule is O=C(CN1CSCC1=O)NC[C@H]1COc2ccccc2O1. The molecule has 1 aromatic carbocycles. The van der Waals surface area contributed by atoms with Crippen LogP contribution in [0.4, 0.5) is 0 Å². The summed E-state index contributed by atoms with van der Waals surface area (Å²) in [6.07, 6.45) is -0.215. The molecule has 1 atom stereocenters. The van der Waals surface area contributed by atoms with E-state index in [1.165, 1.54) is 11.8 Å². The minimum atomic E-state index is -0.215. The van der Waals surface area contributed by atoms with Gasteiger partial charge >= 0.3 is 0 Å². The van der Waals surface area contributed by atoms with Gasteiger partial charge in [0, 0.05) is 0 Å². The molecular weight excluding hydrogens is 292 g/mol. The Morgan fingerprint density at radius 3 is 2.95 bits per heavy atom. The molecule has 0 aromatic heterocycles. The highest BCUT2D eigenvalue weighted by molar-refractivity contribution is 8.00. The highest BCUT2D eigenvalue weighted by Crippen LogP contribution is 2.30. The topological polar surface area (TPSA) is 67.9 Å². The van der Waals surface area contributed by atoms with Crippen molar-refractivity contribution in [2.75, 3.05) is 31.3 Å². The van der Waals surface area contributed by atoms with Crippen molar-refractivity contribution in [1.29, 1.82) is 0 Å². The lowest BCUT2D eigenvalue weighted by atomic mass is 10.2. The molecule has 1 N–H and O–H groups in total. The third-order valence-corrected chi connectivity index (χ3v) is 4.20. The molecule has 1 saturated heterocycles. The van der Waals surface area contributed by atoms with Crippen LogP contribution in [0.1, 0.15) is 0 Å². The van der Waals surface area contributed by atoms with E-state index in [1.807, 2.05) is 24.3 Å². The van der Waals surface area contributed by atoms with Crippen LogP contribution in [-0.2, 0) is 9.59 Å². The maximum atomic E-state index is 11.8. The summed E-state index contributed by atoms with van der Waals surface area (Å²) < 4.78 is 11.3. The standard InChI is InChI=1S/C14H16N2O4S/c17-13(6-16-9-21-8-14(16)18)15-5-10-7-19-11-3-1-2-4-12(11)20-10/h1-4,10H,5-9H2,(H,15,17)/t10-/m0/s1. The van der Waals surface area contributed by atoms with Gasteiger partial charge in [-0.3, -0.25) is 9.59 Å². The first-order valence-electron chi connectivity index (χ1n) is 6.73. The van der Waals surface area contributed by atoms with Crippen molar-refractivity contribution in [1.82, 2.24) is 10.2 Å². The first kappa shape index (κ1) is 14.1. The number of carbonyl (C=O) groups excluding carboxylic acids is 2. The number of para-hydroxylation sites is 2.